The van der Waals surface area contributed by atoms with Gasteiger partial charge in [0, 0.05) is 34.6 Å². The van der Waals surface area contributed by atoms with E-state index in [2.05, 4.69) is 9.97 Å². The minimum absolute atomic E-state index is 0.186. The van der Waals surface area contributed by atoms with Crippen molar-refractivity contribution in [1.82, 2.24) is 14.4 Å². The van der Waals surface area contributed by atoms with Crippen LogP contribution in [0.1, 0.15) is 17.0 Å². The van der Waals surface area contributed by atoms with Crippen LogP contribution in [0.4, 0.5) is 0 Å². The van der Waals surface area contributed by atoms with Crippen LogP contribution in [0.3, 0.4) is 0 Å². The Morgan fingerprint density at radius 1 is 1.33 bits per heavy atom. The van der Waals surface area contributed by atoms with Gasteiger partial charge in [0.25, 0.3) is 0 Å². The van der Waals surface area contributed by atoms with Crippen molar-refractivity contribution in [2.75, 3.05) is 0 Å². The van der Waals surface area contributed by atoms with Gasteiger partial charge in [0.2, 0.25) is 5.78 Å². The summed E-state index contributed by atoms with van der Waals surface area (Å²) in [6.07, 6.45) is 1.46. The van der Waals surface area contributed by atoms with Gasteiger partial charge in [-0.05, 0) is 25.1 Å². The Morgan fingerprint density at radius 3 is 2.71 bits per heavy atom. The van der Waals surface area contributed by atoms with E-state index in [1.165, 1.54) is 0 Å². The van der Waals surface area contributed by atoms with E-state index in [0.29, 0.717) is 21.5 Å². The third-order valence-electron chi connectivity index (χ3n) is 3.69. The van der Waals surface area contributed by atoms with Crippen LogP contribution in [0.15, 0.2) is 24.4 Å². The number of halogens is 2. The van der Waals surface area contributed by atoms with Gasteiger partial charge in [-0.2, -0.15) is 0 Å². The van der Waals surface area contributed by atoms with Gasteiger partial charge in [0.15, 0.2) is 0 Å². The molecule has 0 aliphatic heterocycles. The number of nitrogens with zero attached hydrogens (tertiary/aromatic N) is 3. The number of carboxylic acid groups (broad SMARTS) is 1. The molecule has 8 heteroatoms. The molecule has 0 saturated heterocycles. The highest BCUT2D eigenvalue weighted by Gasteiger charge is 2.18. The van der Waals surface area contributed by atoms with E-state index < -0.39 is 5.97 Å². The Balaban J connectivity index is 2.34. The molecule has 0 saturated carbocycles. The van der Waals surface area contributed by atoms with Crippen LogP contribution in [-0.2, 0) is 17.8 Å². The van der Waals surface area contributed by atoms with Gasteiger partial charge < -0.3 is 10.8 Å². The molecule has 3 rings (SSSR count). The van der Waals surface area contributed by atoms with Crippen LogP contribution >= 0.6 is 23.2 Å². The molecule has 0 radical (unpaired) electrons. The van der Waals surface area contributed by atoms with Gasteiger partial charge in [-0.1, -0.05) is 23.2 Å². The highest BCUT2D eigenvalue weighted by molar-refractivity contribution is 6.36. The second-order valence-electron chi connectivity index (χ2n) is 5.33. The number of aliphatic carboxylic acids is 1. The first kappa shape index (κ1) is 16.7. The molecule has 6 nitrogen and oxygen atoms in total. The van der Waals surface area contributed by atoms with E-state index >= 15 is 0 Å². The second kappa shape index (κ2) is 6.39. The lowest BCUT2D eigenvalue weighted by Crippen LogP contribution is -2.08. The number of aromatic nitrogens is 3. The van der Waals surface area contributed by atoms with E-state index in [9.17, 15) is 4.79 Å². The molecule has 0 amide bonds. The normalized spacial score (nSPS) is 11.2. The highest BCUT2D eigenvalue weighted by atomic mass is 35.5. The van der Waals surface area contributed by atoms with E-state index in [-0.39, 0.29) is 13.0 Å². The van der Waals surface area contributed by atoms with Crippen molar-refractivity contribution >= 4 is 34.9 Å². The molecule has 0 unspecified atom stereocenters. The molecule has 0 aliphatic rings. The average molecular weight is 365 g/mol. The van der Waals surface area contributed by atoms with E-state index in [0.717, 1.165) is 22.5 Å². The van der Waals surface area contributed by atoms with Crippen LogP contribution < -0.4 is 5.73 Å². The van der Waals surface area contributed by atoms with Crippen molar-refractivity contribution in [3.05, 3.63) is 51.4 Å². The molecule has 24 heavy (non-hydrogen) atoms. The molecule has 2 heterocycles. The summed E-state index contributed by atoms with van der Waals surface area (Å²) in [7, 11) is 0. The Labute approximate surface area is 147 Å². The molecule has 1 aromatic carbocycles. The quantitative estimate of drug-likeness (QED) is 0.741. The van der Waals surface area contributed by atoms with Crippen LogP contribution in [0.25, 0.3) is 17.0 Å². The zero-order chi connectivity index (χ0) is 17.4. The van der Waals surface area contributed by atoms with Crippen molar-refractivity contribution in [3.63, 3.8) is 0 Å². The first-order chi connectivity index (χ1) is 11.4. The van der Waals surface area contributed by atoms with Gasteiger partial charge in [0.05, 0.1) is 22.8 Å². The minimum Gasteiger partial charge on any atom is -0.481 e. The molecule has 2 aromatic heterocycles. The molecule has 0 atom stereocenters. The topological polar surface area (TPSA) is 93.5 Å². The van der Waals surface area contributed by atoms with Gasteiger partial charge in [0.1, 0.15) is 0 Å². The number of hydrogen-bond acceptors (Lipinski definition) is 4. The number of benzene rings is 1. The lowest BCUT2D eigenvalue weighted by Gasteiger charge is -2.14. The summed E-state index contributed by atoms with van der Waals surface area (Å²) >= 11 is 12.3. The second-order valence-corrected chi connectivity index (χ2v) is 6.17. The maximum absolute atomic E-state index is 11.0. The maximum Gasteiger partial charge on any atom is 0.309 e. The first-order valence-corrected chi connectivity index (χ1v) is 7.91. The molecule has 0 bridgehead atoms. The summed E-state index contributed by atoms with van der Waals surface area (Å²) in [5.41, 5.74) is 9.33. The number of rotatable bonds is 4. The highest BCUT2D eigenvalue weighted by Crippen LogP contribution is 2.33. The molecular formula is C16H14Cl2N4O2. The Kier molecular flexibility index (Phi) is 4.45. The van der Waals surface area contributed by atoms with Gasteiger partial charge in [-0.3, -0.25) is 9.20 Å². The summed E-state index contributed by atoms with van der Waals surface area (Å²) in [6.45, 7) is 2.09. The number of imidazole rings is 1. The summed E-state index contributed by atoms with van der Waals surface area (Å²) in [4.78, 5) is 19.7. The van der Waals surface area contributed by atoms with E-state index in [1.54, 1.807) is 28.8 Å². The summed E-state index contributed by atoms with van der Waals surface area (Å²) in [5, 5.41) is 9.98. The molecule has 0 fully saturated rings. The molecule has 3 N–H and O–H groups in total. The minimum atomic E-state index is -0.958. The standard InChI is InChI=1S/C16H14Cl2N4O2/c1-8-12(6-19)15(11-3-2-9(17)4-13(11)18)22-7-10(5-14(23)24)21-16(22)20-8/h2-4,7H,5-6,19H2,1H3,(H,23,24). The molecule has 124 valence electrons. The number of hydrogen-bond donors (Lipinski definition) is 2. The van der Waals surface area contributed by atoms with Crippen LogP contribution in [-0.4, -0.2) is 25.4 Å². The summed E-state index contributed by atoms with van der Waals surface area (Å²) in [5.74, 6) is -0.554. The fourth-order valence-corrected chi connectivity index (χ4v) is 3.15. The van der Waals surface area contributed by atoms with E-state index in [1.807, 2.05) is 6.92 Å². The van der Waals surface area contributed by atoms with Gasteiger partial charge in [-0.15, -0.1) is 0 Å². The number of fused-ring (bicyclic) bond motifs is 1. The first-order valence-electron chi connectivity index (χ1n) is 7.15. The van der Waals surface area contributed by atoms with Crippen molar-refractivity contribution in [2.24, 2.45) is 5.73 Å². The molecule has 3 aromatic rings. The predicted molar refractivity (Wildman–Crippen MR) is 92.4 cm³/mol. The monoisotopic (exact) mass is 364 g/mol. The van der Waals surface area contributed by atoms with Crippen molar-refractivity contribution in [3.8, 4) is 11.3 Å². The number of carbonyl (C=O) groups is 1. The van der Waals surface area contributed by atoms with Crippen LogP contribution in [0, 0.1) is 6.92 Å². The Hall–Kier alpha value is -2.15. The third kappa shape index (κ3) is 2.96. The van der Waals surface area contributed by atoms with Gasteiger partial charge in [-0.25, -0.2) is 9.97 Å². The number of aryl methyl sites for hydroxylation is 1. The number of nitrogens with two attached hydrogens (primary N) is 1. The fourth-order valence-electron chi connectivity index (χ4n) is 2.65. The Bertz CT molecular complexity index is 953. The van der Waals surface area contributed by atoms with Crippen molar-refractivity contribution in [2.45, 2.75) is 19.9 Å². The molecule has 0 aliphatic carbocycles. The van der Waals surface area contributed by atoms with E-state index in [4.69, 9.17) is 34.0 Å². The Morgan fingerprint density at radius 2 is 2.08 bits per heavy atom. The number of carboxylic acids is 1. The SMILES string of the molecule is Cc1nc2nc(CC(=O)O)cn2c(-c2ccc(Cl)cc2Cl)c1CN. The summed E-state index contributed by atoms with van der Waals surface area (Å²) < 4.78 is 1.72. The van der Waals surface area contributed by atoms with Gasteiger partial charge >= 0.3 is 5.97 Å². The fraction of sp³-hybridized carbons (Fsp3) is 0.188. The van der Waals surface area contributed by atoms with Crippen molar-refractivity contribution in [1.29, 1.82) is 0 Å². The summed E-state index contributed by atoms with van der Waals surface area (Å²) in [6, 6.07) is 5.18. The van der Waals surface area contributed by atoms with Crippen LogP contribution in [0.5, 0.6) is 0 Å². The largest absolute Gasteiger partial charge is 0.481 e. The van der Waals surface area contributed by atoms with Crippen LogP contribution in [0.2, 0.25) is 10.0 Å². The third-order valence-corrected chi connectivity index (χ3v) is 4.24. The predicted octanol–water partition coefficient (Wildman–Crippen LogP) is 3.10. The zero-order valence-corrected chi connectivity index (χ0v) is 14.3. The average Bonchev–Trinajstić information content (AvgIpc) is 2.87. The maximum atomic E-state index is 11.0. The smallest absolute Gasteiger partial charge is 0.309 e. The molecular weight excluding hydrogens is 351 g/mol. The van der Waals surface area contributed by atoms with Crippen molar-refractivity contribution < 1.29 is 9.90 Å². The molecule has 0 spiro atoms. The lowest BCUT2D eigenvalue weighted by atomic mass is 10.0. The lowest BCUT2D eigenvalue weighted by molar-refractivity contribution is -0.136. The zero-order valence-electron chi connectivity index (χ0n) is 12.8.